The summed E-state index contributed by atoms with van der Waals surface area (Å²) >= 11 is 0. The van der Waals surface area contributed by atoms with Crippen molar-refractivity contribution in [1.29, 1.82) is 0 Å². The first-order chi connectivity index (χ1) is 16.5. The van der Waals surface area contributed by atoms with Gasteiger partial charge in [-0.05, 0) is 30.9 Å². The molecule has 9 nitrogen and oxygen atoms in total. The second-order valence-electron chi connectivity index (χ2n) is 9.69. The van der Waals surface area contributed by atoms with E-state index in [-0.39, 0.29) is 61.1 Å². The molecule has 0 saturated carbocycles. The number of rotatable bonds is 8. The Morgan fingerprint density at radius 3 is 2.61 bits per heavy atom. The smallest absolute Gasteiger partial charge is 0.290 e. The fourth-order valence-corrected chi connectivity index (χ4v) is 5.00. The van der Waals surface area contributed by atoms with Gasteiger partial charge in [-0.1, -0.05) is 26.0 Å². The number of hydrogen-bond acceptors (Lipinski definition) is 6. The summed E-state index contributed by atoms with van der Waals surface area (Å²) in [5.74, 6) is 0.542. The van der Waals surface area contributed by atoms with E-state index in [1.807, 2.05) is 38.6 Å². The molecule has 2 N–H and O–H groups in total. The van der Waals surface area contributed by atoms with E-state index in [0.717, 1.165) is 11.0 Å². The molecular weight excluding hydrogens is 505 g/mol. The van der Waals surface area contributed by atoms with Crippen molar-refractivity contribution in [2.24, 2.45) is 11.8 Å². The summed E-state index contributed by atoms with van der Waals surface area (Å²) in [4.78, 5) is 35.6. The summed E-state index contributed by atoms with van der Waals surface area (Å²) in [7, 11) is 0. The second-order valence-corrected chi connectivity index (χ2v) is 9.69. The van der Waals surface area contributed by atoms with Gasteiger partial charge >= 0.3 is 0 Å². The number of morpholine rings is 1. The Labute approximate surface area is 225 Å². The normalized spacial score (nSPS) is 20.1. The molecule has 11 heteroatoms. The molecule has 2 aromatic rings. The predicted molar refractivity (Wildman–Crippen MR) is 144 cm³/mol. The maximum atomic E-state index is 14.0. The van der Waals surface area contributed by atoms with Gasteiger partial charge in [-0.25, -0.2) is 4.98 Å². The van der Waals surface area contributed by atoms with Crippen LogP contribution in [0.15, 0.2) is 24.3 Å². The standard InChI is InChI=1S/C25H37N5O4.2ClH/c1-18(2)17-30(20-14-19(15-26-16-20)24(32)28-9-12-34-13-10-28)25(33)23-27-21-6-3-4-7-22(21)29(23)8-5-11-31;;/h3-4,6-7,18-20,26,31H,5,8-17H2,1-2H3;2*1H/t19-,20+;;/m1../s1. The second kappa shape index (κ2) is 14.1. The minimum atomic E-state index is -0.160. The summed E-state index contributed by atoms with van der Waals surface area (Å²) in [6.45, 7) is 9.06. The number of amides is 2. The van der Waals surface area contributed by atoms with Crippen molar-refractivity contribution in [2.45, 2.75) is 39.3 Å². The molecule has 4 rings (SSSR count). The highest BCUT2D eigenvalue weighted by atomic mass is 35.5. The molecule has 2 atom stereocenters. The van der Waals surface area contributed by atoms with Gasteiger partial charge in [0.25, 0.3) is 5.91 Å². The third kappa shape index (κ3) is 6.89. The molecular formula is C25H39Cl2N5O4. The Morgan fingerprint density at radius 1 is 1.19 bits per heavy atom. The SMILES string of the molecule is CC(C)CN(C(=O)c1nc2ccccc2n1CCCO)[C@@H]1CNC[C@H](C(=O)N2CCOCC2)C1.Cl.Cl. The third-order valence-electron chi connectivity index (χ3n) is 6.65. The molecule has 2 fully saturated rings. The summed E-state index contributed by atoms with van der Waals surface area (Å²) < 4.78 is 7.32. The average molecular weight is 545 g/mol. The van der Waals surface area contributed by atoms with Gasteiger partial charge in [0, 0.05) is 51.9 Å². The molecule has 202 valence electrons. The van der Waals surface area contributed by atoms with Crippen molar-refractivity contribution in [3.05, 3.63) is 30.1 Å². The van der Waals surface area contributed by atoms with Crippen LogP contribution in [-0.2, 0) is 16.1 Å². The van der Waals surface area contributed by atoms with Crippen LogP contribution in [-0.4, -0.2) is 94.9 Å². The molecule has 0 spiro atoms. The number of fused-ring (bicyclic) bond motifs is 1. The van der Waals surface area contributed by atoms with Gasteiger partial charge in [-0.3, -0.25) is 9.59 Å². The van der Waals surface area contributed by atoms with Crippen molar-refractivity contribution in [3.63, 3.8) is 0 Å². The zero-order valence-corrected chi connectivity index (χ0v) is 22.7. The Bertz CT molecular complexity index is 996. The van der Waals surface area contributed by atoms with Gasteiger partial charge in [0.1, 0.15) is 0 Å². The lowest BCUT2D eigenvalue weighted by Gasteiger charge is -2.40. The van der Waals surface area contributed by atoms with Gasteiger partial charge < -0.3 is 29.5 Å². The van der Waals surface area contributed by atoms with Gasteiger partial charge in [0.05, 0.1) is 30.2 Å². The fourth-order valence-electron chi connectivity index (χ4n) is 5.00. The Kier molecular flexibility index (Phi) is 11.9. The average Bonchev–Trinajstić information content (AvgIpc) is 3.24. The van der Waals surface area contributed by atoms with E-state index in [2.05, 4.69) is 19.2 Å². The fraction of sp³-hybridized carbons (Fsp3) is 0.640. The number of hydrogen-bond donors (Lipinski definition) is 2. The lowest BCUT2D eigenvalue weighted by atomic mass is 9.92. The van der Waals surface area contributed by atoms with Crippen LogP contribution in [0.25, 0.3) is 11.0 Å². The van der Waals surface area contributed by atoms with Crippen molar-refractivity contribution >= 4 is 47.7 Å². The number of carbonyl (C=O) groups excluding carboxylic acids is 2. The van der Waals surface area contributed by atoms with Crippen molar-refractivity contribution in [3.8, 4) is 0 Å². The molecule has 0 unspecified atom stereocenters. The summed E-state index contributed by atoms with van der Waals surface area (Å²) in [6.07, 6.45) is 1.18. The molecule has 0 aliphatic carbocycles. The molecule has 2 aliphatic heterocycles. The quantitative estimate of drug-likeness (QED) is 0.529. The predicted octanol–water partition coefficient (Wildman–Crippen LogP) is 2.20. The number of aryl methyl sites for hydroxylation is 1. The van der Waals surface area contributed by atoms with E-state index in [4.69, 9.17) is 9.72 Å². The Morgan fingerprint density at radius 2 is 1.92 bits per heavy atom. The van der Waals surface area contributed by atoms with Gasteiger partial charge in [0.2, 0.25) is 5.91 Å². The summed E-state index contributed by atoms with van der Waals surface area (Å²) in [5.41, 5.74) is 1.67. The number of para-hydroxylation sites is 2. The van der Waals surface area contributed by atoms with Crippen LogP contribution in [0.1, 0.15) is 37.3 Å². The van der Waals surface area contributed by atoms with Gasteiger partial charge in [-0.2, -0.15) is 0 Å². The molecule has 2 amide bonds. The first-order valence-corrected chi connectivity index (χ1v) is 12.4. The number of benzene rings is 1. The molecule has 1 aromatic heterocycles. The van der Waals surface area contributed by atoms with Crippen LogP contribution in [0.2, 0.25) is 0 Å². The van der Waals surface area contributed by atoms with Crippen molar-refractivity contribution in [2.75, 3.05) is 52.5 Å². The van der Waals surface area contributed by atoms with E-state index < -0.39 is 0 Å². The summed E-state index contributed by atoms with van der Waals surface area (Å²) in [6, 6.07) is 7.63. The van der Waals surface area contributed by atoms with Crippen molar-refractivity contribution < 1.29 is 19.4 Å². The van der Waals surface area contributed by atoms with Crippen LogP contribution < -0.4 is 5.32 Å². The minimum absolute atomic E-state index is 0. The number of nitrogens with zero attached hydrogens (tertiary/aromatic N) is 4. The van der Waals surface area contributed by atoms with E-state index in [1.165, 1.54) is 0 Å². The van der Waals surface area contributed by atoms with Gasteiger partial charge in [0.15, 0.2) is 5.82 Å². The number of ether oxygens (including phenoxy) is 1. The third-order valence-corrected chi connectivity index (χ3v) is 6.65. The zero-order chi connectivity index (χ0) is 24.1. The van der Waals surface area contributed by atoms with E-state index in [1.54, 1.807) is 0 Å². The molecule has 36 heavy (non-hydrogen) atoms. The van der Waals surface area contributed by atoms with Crippen LogP contribution in [0.4, 0.5) is 0 Å². The first kappa shape index (κ1) is 30.3. The Balaban J connectivity index is 0.00000228. The number of piperidine rings is 1. The monoisotopic (exact) mass is 543 g/mol. The maximum Gasteiger partial charge on any atom is 0.290 e. The zero-order valence-electron chi connectivity index (χ0n) is 21.1. The largest absolute Gasteiger partial charge is 0.396 e. The first-order valence-electron chi connectivity index (χ1n) is 12.4. The highest BCUT2D eigenvalue weighted by Crippen LogP contribution is 2.24. The lowest BCUT2D eigenvalue weighted by molar-refractivity contribution is -0.140. The summed E-state index contributed by atoms with van der Waals surface area (Å²) in [5, 5.41) is 12.8. The van der Waals surface area contributed by atoms with Crippen LogP contribution in [0, 0.1) is 11.8 Å². The molecule has 0 radical (unpaired) electrons. The highest BCUT2D eigenvalue weighted by Gasteiger charge is 2.36. The molecule has 3 heterocycles. The Hall–Kier alpha value is -1.91. The van der Waals surface area contributed by atoms with Crippen LogP contribution in [0.5, 0.6) is 0 Å². The molecule has 2 saturated heterocycles. The van der Waals surface area contributed by atoms with E-state index in [9.17, 15) is 14.7 Å². The number of aliphatic hydroxyl groups is 1. The molecule has 1 aromatic carbocycles. The highest BCUT2D eigenvalue weighted by molar-refractivity contribution is 5.95. The molecule has 0 bridgehead atoms. The number of halogens is 2. The lowest BCUT2D eigenvalue weighted by Crippen LogP contribution is -2.56. The van der Waals surface area contributed by atoms with E-state index in [0.29, 0.717) is 71.1 Å². The number of aromatic nitrogens is 2. The number of carbonyl (C=O) groups is 2. The maximum absolute atomic E-state index is 14.0. The topological polar surface area (TPSA) is 99.9 Å². The number of imidazole rings is 1. The van der Waals surface area contributed by atoms with Crippen LogP contribution >= 0.6 is 24.8 Å². The van der Waals surface area contributed by atoms with Gasteiger partial charge in [-0.15, -0.1) is 24.8 Å². The molecule has 2 aliphatic rings. The number of nitrogens with one attached hydrogen (secondary N) is 1. The van der Waals surface area contributed by atoms with Crippen molar-refractivity contribution in [1.82, 2.24) is 24.7 Å². The van der Waals surface area contributed by atoms with E-state index >= 15 is 0 Å². The minimum Gasteiger partial charge on any atom is -0.396 e. The van der Waals surface area contributed by atoms with Crippen LogP contribution in [0.3, 0.4) is 0 Å². The number of aliphatic hydroxyl groups excluding tert-OH is 1.